The number of benzene rings is 1. The minimum atomic E-state index is -0.922. The number of carbonyl (C=O) groups is 1. The molecule has 5 heteroatoms. The minimum Gasteiger partial charge on any atom is -0.508 e. The summed E-state index contributed by atoms with van der Waals surface area (Å²) in [6.45, 7) is 4.16. The second-order valence-electron chi connectivity index (χ2n) is 4.03. The molecule has 0 aromatic heterocycles. The van der Waals surface area contributed by atoms with Crippen LogP contribution in [0.25, 0.3) is 0 Å². The van der Waals surface area contributed by atoms with Crippen LogP contribution in [-0.2, 0) is 16.0 Å². The fourth-order valence-corrected chi connectivity index (χ4v) is 1.67. The summed E-state index contributed by atoms with van der Waals surface area (Å²) >= 11 is 0. The topological polar surface area (TPSA) is 78.8 Å². The van der Waals surface area contributed by atoms with Gasteiger partial charge in [0.25, 0.3) is 0 Å². The second-order valence-corrected chi connectivity index (χ2v) is 4.03. The molecule has 0 saturated carbocycles. The SMILES string of the molecule is CCOC(C)N[C@@H](Cc1ccc(O)cc1)C(=O)O. The Hall–Kier alpha value is -1.59. The van der Waals surface area contributed by atoms with Gasteiger partial charge < -0.3 is 14.9 Å². The normalized spacial score (nSPS) is 14.1. The summed E-state index contributed by atoms with van der Waals surface area (Å²) < 4.78 is 5.26. The van der Waals surface area contributed by atoms with Crippen molar-refractivity contribution in [3.8, 4) is 5.75 Å². The molecule has 1 aromatic carbocycles. The molecule has 5 nitrogen and oxygen atoms in total. The second kappa shape index (κ2) is 6.98. The Morgan fingerprint density at radius 1 is 1.39 bits per heavy atom. The van der Waals surface area contributed by atoms with Crippen LogP contribution < -0.4 is 5.32 Å². The summed E-state index contributed by atoms with van der Waals surface area (Å²) in [5.41, 5.74) is 0.844. The highest BCUT2D eigenvalue weighted by atomic mass is 16.5. The van der Waals surface area contributed by atoms with Gasteiger partial charge in [0.2, 0.25) is 0 Å². The van der Waals surface area contributed by atoms with Gasteiger partial charge in [-0.25, -0.2) is 0 Å². The lowest BCUT2D eigenvalue weighted by molar-refractivity contribution is -0.140. The molecular formula is C13H19NO4. The van der Waals surface area contributed by atoms with E-state index in [2.05, 4.69) is 5.32 Å². The first kappa shape index (κ1) is 14.5. The minimum absolute atomic E-state index is 0.168. The van der Waals surface area contributed by atoms with Crippen molar-refractivity contribution in [1.29, 1.82) is 0 Å². The number of phenols is 1. The summed E-state index contributed by atoms with van der Waals surface area (Å²) in [5.74, 6) is -0.754. The number of carboxylic acids is 1. The predicted molar refractivity (Wildman–Crippen MR) is 67.5 cm³/mol. The van der Waals surface area contributed by atoms with E-state index in [4.69, 9.17) is 14.9 Å². The van der Waals surface area contributed by atoms with E-state index in [-0.39, 0.29) is 12.0 Å². The number of nitrogens with one attached hydrogen (secondary N) is 1. The number of ether oxygens (including phenoxy) is 1. The molecule has 0 aliphatic heterocycles. The molecule has 0 amide bonds. The molecule has 3 N–H and O–H groups in total. The Balaban J connectivity index is 2.62. The van der Waals surface area contributed by atoms with E-state index >= 15 is 0 Å². The van der Waals surface area contributed by atoms with E-state index < -0.39 is 12.0 Å². The van der Waals surface area contributed by atoms with Gasteiger partial charge in [0, 0.05) is 6.61 Å². The van der Waals surface area contributed by atoms with Gasteiger partial charge in [0.15, 0.2) is 0 Å². The van der Waals surface area contributed by atoms with Crippen molar-refractivity contribution in [1.82, 2.24) is 5.32 Å². The molecule has 0 saturated heterocycles. The summed E-state index contributed by atoms with van der Waals surface area (Å²) in [5, 5.41) is 21.2. The fraction of sp³-hybridized carbons (Fsp3) is 0.462. The Bertz CT molecular complexity index is 377. The molecule has 0 heterocycles. The van der Waals surface area contributed by atoms with Crippen molar-refractivity contribution < 1.29 is 19.7 Å². The molecule has 0 bridgehead atoms. The summed E-state index contributed by atoms with van der Waals surface area (Å²) in [6, 6.07) is 5.79. The van der Waals surface area contributed by atoms with E-state index in [1.54, 1.807) is 31.2 Å². The third kappa shape index (κ3) is 4.73. The lowest BCUT2D eigenvalue weighted by Crippen LogP contribution is -2.44. The van der Waals surface area contributed by atoms with Crippen LogP contribution in [0.3, 0.4) is 0 Å². The molecule has 1 unspecified atom stereocenters. The summed E-state index contributed by atoms with van der Waals surface area (Å²) in [7, 11) is 0. The molecule has 0 spiro atoms. The third-order valence-electron chi connectivity index (χ3n) is 2.53. The van der Waals surface area contributed by atoms with Crippen LogP contribution in [0.5, 0.6) is 5.75 Å². The van der Waals surface area contributed by atoms with Crippen LogP contribution in [0.1, 0.15) is 19.4 Å². The Morgan fingerprint density at radius 2 is 2.00 bits per heavy atom. The molecular weight excluding hydrogens is 234 g/mol. The first-order valence-electron chi connectivity index (χ1n) is 5.91. The zero-order chi connectivity index (χ0) is 13.5. The average Bonchev–Trinajstić information content (AvgIpc) is 2.31. The number of rotatable bonds is 7. The maximum atomic E-state index is 11.1. The zero-order valence-electron chi connectivity index (χ0n) is 10.6. The number of carboxylic acid groups (broad SMARTS) is 1. The largest absolute Gasteiger partial charge is 0.508 e. The molecule has 1 rings (SSSR count). The lowest BCUT2D eigenvalue weighted by Gasteiger charge is -2.20. The first-order valence-corrected chi connectivity index (χ1v) is 5.91. The third-order valence-corrected chi connectivity index (χ3v) is 2.53. The van der Waals surface area contributed by atoms with Crippen molar-refractivity contribution in [2.45, 2.75) is 32.5 Å². The van der Waals surface area contributed by atoms with E-state index in [1.807, 2.05) is 6.92 Å². The summed E-state index contributed by atoms with van der Waals surface area (Å²) in [4.78, 5) is 11.1. The van der Waals surface area contributed by atoms with Crippen LogP contribution in [0.15, 0.2) is 24.3 Å². The van der Waals surface area contributed by atoms with Gasteiger partial charge in [-0.2, -0.15) is 0 Å². The van der Waals surface area contributed by atoms with Crippen LogP contribution in [0.2, 0.25) is 0 Å². The van der Waals surface area contributed by atoms with Gasteiger partial charge in [-0.1, -0.05) is 12.1 Å². The standard InChI is InChI=1S/C13H19NO4/c1-3-18-9(2)14-12(13(16)17)8-10-4-6-11(15)7-5-10/h4-7,9,12,14-15H,3,8H2,1-2H3,(H,16,17)/t9?,12-/m0/s1. The maximum Gasteiger partial charge on any atom is 0.321 e. The number of aliphatic carboxylic acids is 1. The lowest BCUT2D eigenvalue weighted by atomic mass is 10.1. The van der Waals surface area contributed by atoms with E-state index in [1.165, 1.54) is 0 Å². The molecule has 0 radical (unpaired) electrons. The van der Waals surface area contributed by atoms with Crippen LogP contribution in [0, 0.1) is 0 Å². The highest BCUT2D eigenvalue weighted by molar-refractivity contribution is 5.73. The van der Waals surface area contributed by atoms with E-state index in [0.717, 1.165) is 5.56 Å². The number of hydrogen-bond acceptors (Lipinski definition) is 4. The molecule has 0 fully saturated rings. The molecule has 0 aliphatic carbocycles. The fourth-order valence-electron chi connectivity index (χ4n) is 1.67. The van der Waals surface area contributed by atoms with E-state index in [9.17, 15) is 4.79 Å². The van der Waals surface area contributed by atoms with Gasteiger partial charge >= 0.3 is 5.97 Å². The maximum absolute atomic E-state index is 11.1. The van der Waals surface area contributed by atoms with E-state index in [0.29, 0.717) is 13.0 Å². The highest BCUT2D eigenvalue weighted by Crippen LogP contribution is 2.11. The van der Waals surface area contributed by atoms with Gasteiger partial charge in [0.05, 0.1) is 0 Å². The smallest absolute Gasteiger partial charge is 0.321 e. The van der Waals surface area contributed by atoms with Gasteiger partial charge in [-0.05, 0) is 38.0 Å². The van der Waals surface area contributed by atoms with Gasteiger partial charge in [-0.3, -0.25) is 10.1 Å². The quantitative estimate of drug-likeness (QED) is 0.639. The predicted octanol–water partition coefficient (Wildman–Crippen LogP) is 1.36. The Labute approximate surface area is 106 Å². The number of hydrogen-bond donors (Lipinski definition) is 3. The molecule has 18 heavy (non-hydrogen) atoms. The first-order chi connectivity index (χ1) is 8.52. The molecule has 0 aliphatic rings. The summed E-state index contributed by atoms with van der Waals surface area (Å²) in [6.07, 6.45) is 0.0285. The van der Waals surface area contributed by atoms with Crippen molar-refractivity contribution in [3.05, 3.63) is 29.8 Å². The Kier molecular flexibility index (Phi) is 5.61. The van der Waals surface area contributed by atoms with Gasteiger partial charge in [-0.15, -0.1) is 0 Å². The van der Waals surface area contributed by atoms with Crippen LogP contribution >= 0.6 is 0 Å². The van der Waals surface area contributed by atoms with Crippen molar-refractivity contribution in [2.24, 2.45) is 0 Å². The average molecular weight is 253 g/mol. The highest BCUT2D eigenvalue weighted by Gasteiger charge is 2.19. The van der Waals surface area contributed by atoms with Gasteiger partial charge in [0.1, 0.15) is 18.0 Å². The molecule has 1 aromatic rings. The monoisotopic (exact) mass is 253 g/mol. The van der Waals surface area contributed by atoms with Crippen molar-refractivity contribution in [2.75, 3.05) is 6.61 Å². The zero-order valence-corrected chi connectivity index (χ0v) is 10.6. The van der Waals surface area contributed by atoms with Crippen molar-refractivity contribution in [3.63, 3.8) is 0 Å². The van der Waals surface area contributed by atoms with Crippen LogP contribution in [-0.4, -0.2) is 35.1 Å². The molecule has 2 atom stereocenters. The van der Waals surface area contributed by atoms with Crippen LogP contribution in [0.4, 0.5) is 0 Å². The number of aromatic hydroxyl groups is 1. The Morgan fingerprint density at radius 3 is 2.50 bits per heavy atom. The van der Waals surface area contributed by atoms with Crippen molar-refractivity contribution >= 4 is 5.97 Å². The molecule has 100 valence electrons. The number of phenolic OH excluding ortho intramolecular Hbond substituents is 1.